The molecule has 0 aliphatic carbocycles. The van der Waals surface area contributed by atoms with Crippen LogP contribution >= 0.6 is 11.6 Å². The van der Waals surface area contributed by atoms with E-state index in [1.165, 1.54) is 18.5 Å². The van der Waals surface area contributed by atoms with E-state index in [4.69, 9.17) is 20.8 Å². The standard InChI is InChI=1S/C16H10ClFN4O3/c17-16-19-9-12(18)15(21-16)25-11-4-1-3-10(7-11)8-20-22-14(23)13-5-2-6-24-13/h1-9H,(H,22,23)/b20-8+. The third kappa shape index (κ3) is 4.39. The van der Waals surface area contributed by atoms with Gasteiger partial charge in [0.15, 0.2) is 5.76 Å². The molecular formula is C16H10ClFN4O3. The number of benzene rings is 1. The molecular weight excluding hydrogens is 351 g/mol. The lowest BCUT2D eigenvalue weighted by Crippen LogP contribution is -2.16. The fraction of sp³-hybridized carbons (Fsp3) is 0. The van der Waals surface area contributed by atoms with E-state index in [1.807, 2.05) is 0 Å². The summed E-state index contributed by atoms with van der Waals surface area (Å²) in [6, 6.07) is 9.69. The summed E-state index contributed by atoms with van der Waals surface area (Å²) in [5.41, 5.74) is 2.93. The molecule has 0 fully saturated rings. The van der Waals surface area contributed by atoms with Gasteiger partial charge in [0.05, 0.1) is 18.7 Å². The second-order valence-electron chi connectivity index (χ2n) is 4.64. The minimum Gasteiger partial charge on any atom is -0.459 e. The third-order valence-corrected chi connectivity index (χ3v) is 3.06. The summed E-state index contributed by atoms with van der Waals surface area (Å²) in [5.74, 6) is -1.05. The molecule has 0 aliphatic rings. The van der Waals surface area contributed by atoms with Crippen molar-refractivity contribution in [3.8, 4) is 11.6 Å². The molecule has 0 aliphatic heterocycles. The van der Waals surface area contributed by atoms with Crippen LogP contribution in [0.2, 0.25) is 5.28 Å². The first-order valence-corrected chi connectivity index (χ1v) is 7.32. The third-order valence-electron chi connectivity index (χ3n) is 2.88. The van der Waals surface area contributed by atoms with Gasteiger partial charge in [0.2, 0.25) is 11.1 Å². The highest BCUT2D eigenvalue weighted by Gasteiger charge is 2.09. The van der Waals surface area contributed by atoms with Gasteiger partial charge in [-0.3, -0.25) is 4.79 Å². The van der Waals surface area contributed by atoms with Gasteiger partial charge in [-0.1, -0.05) is 12.1 Å². The van der Waals surface area contributed by atoms with Crippen LogP contribution in [-0.4, -0.2) is 22.1 Å². The second kappa shape index (κ2) is 7.54. The molecule has 3 aromatic rings. The fourth-order valence-electron chi connectivity index (χ4n) is 1.80. The topological polar surface area (TPSA) is 89.6 Å². The van der Waals surface area contributed by atoms with Crippen molar-refractivity contribution >= 4 is 23.7 Å². The van der Waals surface area contributed by atoms with Crippen molar-refractivity contribution in [1.82, 2.24) is 15.4 Å². The summed E-state index contributed by atoms with van der Waals surface area (Å²) in [6.07, 6.45) is 3.70. The van der Waals surface area contributed by atoms with Crippen LogP contribution < -0.4 is 10.2 Å². The largest absolute Gasteiger partial charge is 0.459 e. The number of nitrogens with zero attached hydrogens (tertiary/aromatic N) is 3. The van der Waals surface area contributed by atoms with Gasteiger partial charge in [-0.05, 0) is 41.4 Å². The second-order valence-corrected chi connectivity index (χ2v) is 4.98. The molecule has 126 valence electrons. The Morgan fingerprint density at radius 3 is 3.04 bits per heavy atom. The van der Waals surface area contributed by atoms with Crippen LogP contribution in [-0.2, 0) is 0 Å². The average molecular weight is 361 g/mol. The Morgan fingerprint density at radius 2 is 2.24 bits per heavy atom. The fourth-order valence-corrected chi connectivity index (χ4v) is 1.93. The first kappa shape index (κ1) is 16.6. The number of rotatable bonds is 5. The van der Waals surface area contributed by atoms with Gasteiger partial charge in [-0.2, -0.15) is 14.5 Å². The Balaban J connectivity index is 1.68. The van der Waals surface area contributed by atoms with Gasteiger partial charge >= 0.3 is 5.91 Å². The molecule has 2 aromatic heterocycles. The molecule has 3 rings (SSSR count). The smallest absolute Gasteiger partial charge is 0.307 e. The molecule has 0 spiro atoms. The molecule has 0 radical (unpaired) electrons. The zero-order valence-corrected chi connectivity index (χ0v) is 13.3. The number of carbonyl (C=O) groups excluding carboxylic acids is 1. The van der Waals surface area contributed by atoms with Crippen LogP contribution in [0.3, 0.4) is 0 Å². The van der Waals surface area contributed by atoms with Gasteiger partial charge in [0.25, 0.3) is 5.88 Å². The summed E-state index contributed by atoms with van der Waals surface area (Å²) in [5, 5.41) is 3.69. The lowest BCUT2D eigenvalue weighted by Gasteiger charge is -2.06. The molecule has 0 atom stereocenters. The lowest BCUT2D eigenvalue weighted by molar-refractivity contribution is 0.0927. The molecule has 1 amide bonds. The number of hydrazone groups is 1. The number of aromatic nitrogens is 2. The summed E-state index contributed by atoms with van der Waals surface area (Å²) in [4.78, 5) is 18.8. The van der Waals surface area contributed by atoms with E-state index < -0.39 is 11.7 Å². The first-order chi connectivity index (χ1) is 12.1. The predicted molar refractivity (Wildman–Crippen MR) is 87.3 cm³/mol. The van der Waals surface area contributed by atoms with Crippen LogP contribution in [0, 0.1) is 5.82 Å². The minimum atomic E-state index is -0.741. The molecule has 2 heterocycles. The van der Waals surface area contributed by atoms with Crippen LogP contribution in [0.1, 0.15) is 16.1 Å². The number of hydrogen-bond donors (Lipinski definition) is 1. The highest BCUT2D eigenvalue weighted by Crippen LogP contribution is 2.23. The molecule has 0 saturated heterocycles. The molecule has 0 bridgehead atoms. The highest BCUT2D eigenvalue weighted by atomic mass is 35.5. The molecule has 9 heteroatoms. The van der Waals surface area contributed by atoms with Crippen molar-refractivity contribution < 1.29 is 18.3 Å². The normalized spacial score (nSPS) is 10.8. The van der Waals surface area contributed by atoms with E-state index in [9.17, 15) is 9.18 Å². The summed E-state index contributed by atoms with van der Waals surface area (Å²) < 4.78 is 23.9. The Hall–Kier alpha value is -3.26. The number of ether oxygens (including phenoxy) is 1. The van der Waals surface area contributed by atoms with Gasteiger partial charge < -0.3 is 9.15 Å². The molecule has 0 unspecified atom stereocenters. The Kier molecular flexibility index (Phi) is 5.00. The van der Waals surface area contributed by atoms with E-state index in [-0.39, 0.29) is 16.9 Å². The van der Waals surface area contributed by atoms with Crippen molar-refractivity contribution in [2.24, 2.45) is 5.10 Å². The first-order valence-electron chi connectivity index (χ1n) is 6.95. The maximum atomic E-state index is 13.6. The molecule has 7 nitrogen and oxygen atoms in total. The number of carbonyl (C=O) groups is 1. The van der Waals surface area contributed by atoms with Crippen LogP contribution in [0.25, 0.3) is 0 Å². The highest BCUT2D eigenvalue weighted by molar-refractivity contribution is 6.28. The lowest BCUT2D eigenvalue weighted by atomic mass is 10.2. The van der Waals surface area contributed by atoms with Crippen molar-refractivity contribution in [2.45, 2.75) is 0 Å². The Labute approximate surface area is 146 Å². The van der Waals surface area contributed by atoms with Crippen LogP contribution in [0.4, 0.5) is 4.39 Å². The van der Waals surface area contributed by atoms with Crippen molar-refractivity contribution in [1.29, 1.82) is 0 Å². The molecule has 0 saturated carbocycles. The molecule has 1 aromatic carbocycles. The van der Waals surface area contributed by atoms with Crippen molar-refractivity contribution in [2.75, 3.05) is 0 Å². The maximum absolute atomic E-state index is 13.6. The number of amides is 1. The summed E-state index contributed by atoms with van der Waals surface area (Å²) in [6.45, 7) is 0. The van der Waals surface area contributed by atoms with Crippen LogP contribution in [0.5, 0.6) is 11.6 Å². The monoisotopic (exact) mass is 360 g/mol. The number of hydrogen-bond acceptors (Lipinski definition) is 6. The summed E-state index contributed by atoms with van der Waals surface area (Å²) in [7, 11) is 0. The van der Waals surface area contributed by atoms with E-state index in [2.05, 4.69) is 20.5 Å². The van der Waals surface area contributed by atoms with E-state index in [0.717, 1.165) is 6.20 Å². The molecule has 1 N–H and O–H groups in total. The SMILES string of the molecule is O=C(N/N=C/c1cccc(Oc2nc(Cl)ncc2F)c1)c1ccco1. The van der Waals surface area contributed by atoms with E-state index in [0.29, 0.717) is 11.3 Å². The molecule has 25 heavy (non-hydrogen) atoms. The quantitative estimate of drug-likeness (QED) is 0.428. The maximum Gasteiger partial charge on any atom is 0.307 e. The Bertz CT molecular complexity index is 916. The minimum absolute atomic E-state index is 0.130. The number of furan rings is 1. The number of halogens is 2. The van der Waals surface area contributed by atoms with E-state index in [1.54, 1.807) is 30.3 Å². The van der Waals surface area contributed by atoms with Crippen molar-refractivity contribution in [3.05, 3.63) is 71.3 Å². The predicted octanol–water partition coefficient (Wildman–Crippen LogP) is 3.42. The summed E-state index contributed by atoms with van der Waals surface area (Å²) >= 11 is 5.62. The van der Waals surface area contributed by atoms with Crippen molar-refractivity contribution in [3.63, 3.8) is 0 Å². The average Bonchev–Trinajstić information content (AvgIpc) is 3.13. The Morgan fingerprint density at radius 1 is 1.36 bits per heavy atom. The van der Waals surface area contributed by atoms with Gasteiger partial charge in [0.1, 0.15) is 5.75 Å². The van der Waals surface area contributed by atoms with E-state index >= 15 is 0 Å². The van der Waals surface area contributed by atoms with Gasteiger partial charge in [0, 0.05) is 0 Å². The zero-order valence-electron chi connectivity index (χ0n) is 12.5. The van der Waals surface area contributed by atoms with Gasteiger partial charge in [-0.25, -0.2) is 10.4 Å². The van der Waals surface area contributed by atoms with Crippen LogP contribution in [0.15, 0.2) is 58.4 Å². The zero-order chi connectivity index (χ0) is 17.6. The van der Waals surface area contributed by atoms with Gasteiger partial charge in [-0.15, -0.1) is 0 Å². The number of nitrogens with one attached hydrogen (secondary N) is 1.